The zero-order valence-corrected chi connectivity index (χ0v) is 46.1. The predicted octanol–water partition coefficient (Wildman–Crippen LogP) is -0.743. The highest BCUT2D eigenvalue weighted by atomic mass is 16.4. The molecule has 19 N–H and O–H groups in total. The highest BCUT2D eigenvalue weighted by molar-refractivity contribution is 5.97. The van der Waals surface area contributed by atoms with E-state index in [-0.39, 0.29) is 75.2 Å². The number of unbranched alkanes of at least 4 members (excludes halogenated alkanes) is 2. The minimum absolute atomic E-state index is 0.00436. The molecule has 0 bridgehead atoms. The summed E-state index contributed by atoms with van der Waals surface area (Å²) in [5, 5.41) is 31.2. The fourth-order valence-electron chi connectivity index (χ4n) is 8.01. The Labute approximate surface area is 448 Å². The van der Waals surface area contributed by atoms with Crippen LogP contribution in [-0.2, 0) is 49.6 Å². The van der Waals surface area contributed by atoms with Crippen LogP contribution in [0.25, 0.3) is 0 Å². The normalized spacial score (nSPS) is 14.5. The molecule has 0 aromatic heterocycles. The topological polar surface area (TPSA) is 413 Å². The average molecular weight is 1070 g/mol. The first-order valence-corrected chi connectivity index (χ1v) is 26.7. The average Bonchev–Trinajstić information content (AvgIpc) is 3.34. The summed E-state index contributed by atoms with van der Waals surface area (Å²) < 4.78 is 0. The minimum Gasteiger partial charge on any atom is -0.480 e. The standard InChI is InChI=1S/C52H92N14O10/c1-30(2)25-38(62-44(68)35(55)19-12-14-22-53)49(73)64-41(28-34-17-10-9-11-18-34)45(69)59-29-42(67)66-43(33(7)8)50(74)65-40(27-32(5)6)47(71)60-36(21-16-24-58-52(56)57)46(70)63-39(26-31(3)4)48(72)61-37(51(75)76)20-13-15-23-54/h9-11,17-18,30-33,35-41,43H,12-16,19-29,53-55H2,1-8H3,(H,59,69)(H,60,71)(H,61,72)(H,62,68)(H,63,70)(H,64,73)(H,65,74)(H,66,67)(H,75,76)(H4,56,57,58)/t35-,36-,37-,38-,39-,40-,41-,43-/m0/s1. The fourth-order valence-corrected chi connectivity index (χ4v) is 8.01. The van der Waals surface area contributed by atoms with Gasteiger partial charge in [0, 0.05) is 13.0 Å². The Balaban J connectivity index is 3.34. The molecular formula is C52H92N14O10. The van der Waals surface area contributed by atoms with Gasteiger partial charge in [0.2, 0.25) is 47.3 Å². The van der Waals surface area contributed by atoms with Gasteiger partial charge in [-0.15, -0.1) is 0 Å². The van der Waals surface area contributed by atoms with Crippen molar-refractivity contribution in [2.45, 2.75) is 181 Å². The van der Waals surface area contributed by atoms with Gasteiger partial charge in [-0.05, 0) is 107 Å². The molecule has 1 aromatic carbocycles. The van der Waals surface area contributed by atoms with Crippen molar-refractivity contribution in [1.82, 2.24) is 42.5 Å². The number of carbonyl (C=O) groups is 9. The fraction of sp³-hybridized carbons (Fsp3) is 0.692. The summed E-state index contributed by atoms with van der Waals surface area (Å²) in [7, 11) is 0. The van der Waals surface area contributed by atoms with E-state index in [1.165, 1.54) is 0 Å². The maximum atomic E-state index is 14.2. The number of carboxylic acid groups (broad SMARTS) is 1. The van der Waals surface area contributed by atoms with Crippen molar-refractivity contribution >= 4 is 59.2 Å². The van der Waals surface area contributed by atoms with Crippen LogP contribution in [0, 0.1) is 23.7 Å². The van der Waals surface area contributed by atoms with Crippen LogP contribution in [-0.4, -0.2) is 139 Å². The Morgan fingerprint density at radius 2 is 0.947 bits per heavy atom. The lowest BCUT2D eigenvalue weighted by molar-refractivity contribution is -0.142. The van der Waals surface area contributed by atoms with Crippen LogP contribution in [0.2, 0.25) is 0 Å². The van der Waals surface area contributed by atoms with Gasteiger partial charge in [0.1, 0.15) is 42.3 Å². The number of aliphatic imine (C=N–C) groups is 1. The lowest BCUT2D eigenvalue weighted by Gasteiger charge is -2.28. The number of rotatable bonds is 38. The number of benzene rings is 1. The van der Waals surface area contributed by atoms with Crippen LogP contribution in [0.3, 0.4) is 0 Å². The molecule has 24 nitrogen and oxygen atoms in total. The molecule has 1 aromatic rings. The zero-order valence-electron chi connectivity index (χ0n) is 46.1. The predicted molar refractivity (Wildman–Crippen MR) is 291 cm³/mol. The molecule has 8 amide bonds. The van der Waals surface area contributed by atoms with Crippen molar-refractivity contribution in [2.75, 3.05) is 26.2 Å². The van der Waals surface area contributed by atoms with Gasteiger partial charge in [-0.2, -0.15) is 0 Å². The molecule has 0 aliphatic rings. The number of carbonyl (C=O) groups excluding carboxylic acids is 8. The van der Waals surface area contributed by atoms with Gasteiger partial charge in [0.25, 0.3) is 0 Å². The SMILES string of the molecule is CC(C)C[C@H](NC(=O)[C@H](CCCN=C(N)N)NC(=O)[C@H](CC(C)C)NC(=O)[C@@H](NC(=O)CNC(=O)[C@H](Cc1ccccc1)NC(=O)[C@H](CC(C)C)NC(=O)[C@@H](N)CCCCN)C(C)C)C(=O)N[C@@H](CCCCN)C(=O)O. The molecule has 0 aliphatic heterocycles. The molecule has 0 fully saturated rings. The Morgan fingerprint density at radius 3 is 1.42 bits per heavy atom. The molecule has 0 saturated heterocycles. The Hall–Kier alpha value is -6.40. The lowest BCUT2D eigenvalue weighted by atomic mass is 9.99. The van der Waals surface area contributed by atoms with Crippen molar-refractivity contribution in [3.8, 4) is 0 Å². The van der Waals surface area contributed by atoms with Gasteiger partial charge in [0.05, 0.1) is 12.6 Å². The summed E-state index contributed by atoms with van der Waals surface area (Å²) in [4.78, 5) is 126. The van der Waals surface area contributed by atoms with Crippen molar-refractivity contribution in [1.29, 1.82) is 0 Å². The number of hydrogen-bond donors (Lipinski definition) is 14. The number of aliphatic carboxylic acids is 1. The van der Waals surface area contributed by atoms with Gasteiger partial charge < -0.3 is 76.3 Å². The van der Waals surface area contributed by atoms with E-state index < -0.39 is 114 Å². The number of nitrogens with two attached hydrogens (primary N) is 5. The highest BCUT2D eigenvalue weighted by Crippen LogP contribution is 2.13. The molecule has 24 heteroatoms. The van der Waals surface area contributed by atoms with Crippen LogP contribution < -0.4 is 71.2 Å². The van der Waals surface area contributed by atoms with E-state index in [0.29, 0.717) is 50.8 Å². The van der Waals surface area contributed by atoms with Gasteiger partial charge in [-0.25, -0.2) is 4.79 Å². The number of guanidine groups is 1. The van der Waals surface area contributed by atoms with Gasteiger partial charge in [-0.3, -0.25) is 43.3 Å². The maximum Gasteiger partial charge on any atom is 0.326 e. The highest BCUT2D eigenvalue weighted by Gasteiger charge is 2.35. The van der Waals surface area contributed by atoms with E-state index in [0.717, 1.165) is 0 Å². The number of nitrogens with one attached hydrogen (secondary N) is 8. The molecule has 8 atom stereocenters. The molecule has 0 aliphatic carbocycles. The quantitative estimate of drug-likeness (QED) is 0.0220. The van der Waals surface area contributed by atoms with E-state index in [9.17, 15) is 48.3 Å². The second-order valence-corrected chi connectivity index (χ2v) is 20.9. The first-order chi connectivity index (χ1) is 35.8. The lowest BCUT2D eigenvalue weighted by Crippen LogP contribution is -2.60. The molecule has 76 heavy (non-hydrogen) atoms. The summed E-state index contributed by atoms with van der Waals surface area (Å²) in [6.07, 6.45) is 3.54. The van der Waals surface area contributed by atoms with Gasteiger partial charge in [0.15, 0.2) is 5.96 Å². The van der Waals surface area contributed by atoms with E-state index in [1.807, 2.05) is 41.5 Å². The molecule has 0 radical (unpaired) electrons. The molecule has 0 heterocycles. The largest absolute Gasteiger partial charge is 0.480 e. The van der Waals surface area contributed by atoms with E-state index in [1.54, 1.807) is 44.2 Å². The number of nitrogens with zero attached hydrogens (tertiary/aromatic N) is 1. The summed E-state index contributed by atoms with van der Waals surface area (Å²) in [5.74, 6) is -7.82. The molecule has 0 spiro atoms. The zero-order chi connectivity index (χ0) is 57.5. The summed E-state index contributed by atoms with van der Waals surface area (Å²) in [6.45, 7) is 14.7. The summed E-state index contributed by atoms with van der Waals surface area (Å²) in [5.41, 5.74) is 29.0. The maximum absolute atomic E-state index is 14.2. The van der Waals surface area contributed by atoms with Crippen LogP contribution in [0.1, 0.15) is 132 Å². The third-order valence-electron chi connectivity index (χ3n) is 12.1. The van der Waals surface area contributed by atoms with E-state index in [2.05, 4.69) is 47.5 Å². The van der Waals surface area contributed by atoms with Crippen LogP contribution in [0.4, 0.5) is 0 Å². The van der Waals surface area contributed by atoms with Gasteiger partial charge in [-0.1, -0.05) is 92.1 Å². The summed E-state index contributed by atoms with van der Waals surface area (Å²) >= 11 is 0. The van der Waals surface area contributed by atoms with Crippen molar-refractivity contribution in [3.05, 3.63) is 35.9 Å². The monoisotopic (exact) mass is 1070 g/mol. The van der Waals surface area contributed by atoms with Crippen LogP contribution in [0.5, 0.6) is 0 Å². The number of carboxylic acids is 1. The van der Waals surface area contributed by atoms with Crippen molar-refractivity contribution < 1.29 is 48.3 Å². The van der Waals surface area contributed by atoms with Crippen molar-refractivity contribution in [2.24, 2.45) is 57.3 Å². The van der Waals surface area contributed by atoms with Gasteiger partial charge >= 0.3 is 5.97 Å². The molecule has 1 rings (SSSR count). The smallest absolute Gasteiger partial charge is 0.326 e. The molecule has 0 saturated carbocycles. The minimum atomic E-state index is -1.27. The summed E-state index contributed by atoms with van der Waals surface area (Å²) in [6, 6.07) is -0.323. The molecule has 430 valence electrons. The van der Waals surface area contributed by atoms with Crippen molar-refractivity contribution in [3.63, 3.8) is 0 Å². The Kier molecular flexibility index (Phi) is 32.5. The third kappa shape index (κ3) is 27.9. The van der Waals surface area contributed by atoms with E-state index in [4.69, 9.17) is 28.7 Å². The first-order valence-electron chi connectivity index (χ1n) is 26.7. The van der Waals surface area contributed by atoms with Crippen LogP contribution in [0.15, 0.2) is 35.3 Å². The Morgan fingerprint density at radius 1 is 0.513 bits per heavy atom. The first kappa shape index (κ1) is 67.6. The van der Waals surface area contributed by atoms with E-state index >= 15 is 0 Å². The molecule has 0 unspecified atom stereocenters. The van der Waals surface area contributed by atoms with Crippen LogP contribution >= 0.6 is 0 Å². The second-order valence-electron chi connectivity index (χ2n) is 20.9. The molecular weight excluding hydrogens is 981 g/mol. The Bertz CT molecular complexity index is 2020. The number of hydrogen-bond acceptors (Lipinski definition) is 13. The second kappa shape index (κ2) is 36.6. The third-order valence-corrected chi connectivity index (χ3v) is 12.1. The number of amides is 8.